The number of para-hydroxylation sites is 1. The van der Waals surface area contributed by atoms with Crippen LogP contribution in [0.15, 0.2) is 30.3 Å². The van der Waals surface area contributed by atoms with Crippen molar-refractivity contribution < 1.29 is 9.84 Å². The lowest BCUT2D eigenvalue weighted by Crippen LogP contribution is -2.43. The van der Waals surface area contributed by atoms with E-state index in [-0.39, 0.29) is 18.4 Å². The summed E-state index contributed by atoms with van der Waals surface area (Å²) in [5.74, 6) is 0.790. The normalized spacial score (nSPS) is 13.9. The van der Waals surface area contributed by atoms with Crippen LogP contribution in [0.5, 0.6) is 5.75 Å². The molecule has 0 saturated heterocycles. The molecule has 0 fully saturated rings. The summed E-state index contributed by atoms with van der Waals surface area (Å²) in [6, 6.07) is 9.92. The van der Waals surface area contributed by atoms with Gasteiger partial charge >= 0.3 is 0 Å². The fraction of sp³-hybridized carbons (Fsp3) is 0.538. The van der Waals surface area contributed by atoms with Crippen molar-refractivity contribution in [2.75, 3.05) is 6.61 Å². The molecule has 0 amide bonds. The monoisotopic (exact) mass is 259 g/mol. The van der Waals surface area contributed by atoms with Crippen LogP contribution < -0.4 is 10.1 Å². The molecule has 0 spiro atoms. The number of hydrogen-bond acceptors (Lipinski definition) is 3. The highest BCUT2D eigenvalue weighted by Crippen LogP contribution is 2.09. The van der Waals surface area contributed by atoms with Gasteiger partial charge in [-0.3, -0.25) is 0 Å². The number of nitrogens with one attached hydrogen (secondary N) is 1. The van der Waals surface area contributed by atoms with E-state index in [4.69, 9.17) is 4.74 Å². The summed E-state index contributed by atoms with van der Waals surface area (Å²) < 4.78 is 5.48. The maximum absolute atomic E-state index is 9.84. The minimum absolute atomic E-state index is 0. The molecule has 0 radical (unpaired) electrons. The van der Waals surface area contributed by atoms with Gasteiger partial charge in [-0.1, -0.05) is 32.0 Å². The first-order valence-corrected chi connectivity index (χ1v) is 5.71. The number of ether oxygens (including phenoxy) is 1. The van der Waals surface area contributed by atoms with Crippen molar-refractivity contribution in [1.82, 2.24) is 5.32 Å². The quantitative estimate of drug-likeness (QED) is 0.823. The standard InChI is InChI=1S/C13H21NO2.ClH/c1-10(2)14-11(3)13(15)9-16-12-7-5-4-6-8-12;/h4-8,10-11,13-15H,9H2,1-3H3;1H/t11-,13+;/m1./s1. The predicted molar refractivity (Wildman–Crippen MR) is 72.9 cm³/mol. The van der Waals surface area contributed by atoms with Crippen molar-refractivity contribution in [3.05, 3.63) is 30.3 Å². The summed E-state index contributed by atoms with van der Waals surface area (Å²) in [5.41, 5.74) is 0. The Labute approximate surface area is 110 Å². The average Bonchev–Trinajstić information content (AvgIpc) is 2.26. The zero-order valence-corrected chi connectivity index (χ0v) is 11.4. The topological polar surface area (TPSA) is 41.5 Å². The van der Waals surface area contributed by atoms with Crippen LogP contribution in [0.2, 0.25) is 0 Å². The molecule has 0 aliphatic rings. The van der Waals surface area contributed by atoms with Crippen LogP contribution >= 0.6 is 12.4 Å². The summed E-state index contributed by atoms with van der Waals surface area (Å²) >= 11 is 0. The second kappa shape index (κ2) is 8.34. The molecular weight excluding hydrogens is 238 g/mol. The first-order chi connectivity index (χ1) is 7.59. The Morgan fingerprint density at radius 2 is 1.76 bits per heavy atom. The van der Waals surface area contributed by atoms with Crippen molar-refractivity contribution in [1.29, 1.82) is 0 Å². The van der Waals surface area contributed by atoms with E-state index in [1.165, 1.54) is 0 Å². The van der Waals surface area contributed by atoms with Gasteiger partial charge in [0, 0.05) is 12.1 Å². The molecule has 0 heterocycles. The van der Waals surface area contributed by atoms with Gasteiger partial charge in [0.1, 0.15) is 18.5 Å². The van der Waals surface area contributed by atoms with Gasteiger partial charge in [0.15, 0.2) is 0 Å². The van der Waals surface area contributed by atoms with Crippen LogP contribution in [-0.4, -0.2) is 29.9 Å². The van der Waals surface area contributed by atoms with Gasteiger partial charge in [0.05, 0.1) is 0 Å². The first kappa shape index (κ1) is 16.2. The zero-order valence-electron chi connectivity index (χ0n) is 10.6. The lowest BCUT2D eigenvalue weighted by Gasteiger charge is -2.22. The highest BCUT2D eigenvalue weighted by molar-refractivity contribution is 5.85. The van der Waals surface area contributed by atoms with Gasteiger partial charge in [-0.2, -0.15) is 0 Å². The van der Waals surface area contributed by atoms with Crippen LogP contribution in [0.3, 0.4) is 0 Å². The molecule has 0 unspecified atom stereocenters. The van der Waals surface area contributed by atoms with Gasteiger partial charge in [0.2, 0.25) is 0 Å². The Morgan fingerprint density at radius 1 is 1.18 bits per heavy atom. The molecule has 0 bridgehead atoms. The van der Waals surface area contributed by atoms with Crippen molar-refractivity contribution in [3.63, 3.8) is 0 Å². The van der Waals surface area contributed by atoms with E-state index in [0.717, 1.165) is 5.75 Å². The van der Waals surface area contributed by atoms with E-state index in [2.05, 4.69) is 19.2 Å². The number of benzene rings is 1. The van der Waals surface area contributed by atoms with Gasteiger partial charge in [-0.15, -0.1) is 12.4 Å². The molecule has 98 valence electrons. The molecule has 2 atom stereocenters. The molecule has 2 N–H and O–H groups in total. The van der Waals surface area contributed by atoms with Crippen molar-refractivity contribution >= 4 is 12.4 Å². The molecule has 0 aliphatic heterocycles. The smallest absolute Gasteiger partial charge is 0.119 e. The molecular formula is C13H22ClNO2. The lowest BCUT2D eigenvalue weighted by atomic mass is 10.2. The molecule has 1 rings (SSSR count). The van der Waals surface area contributed by atoms with Crippen molar-refractivity contribution in [3.8, 4) is 5.75 Å². The van der Waals surface area contributed by atoms with Crippen LogP contribution in [0, 0.1) is 0 Å². The molecule has 4 heteroatoms. The van der Waals surface area contributed by atoms with E-state index >= 15 is 0 Å². The second-order valence-electron chi connectivity index (χ2n) is 4.30. The van der Waals surface area contributed by atoms with E-state index < -0.39 is 6.10 Å². The zero-order chi connectivity index (χ0) is 12.0. The van der Waals surface area contributed by atoms with Crippen LogP contribution in [0.4, 0.5) is 0 Å². The van der Waals surface area contributed by atoms with Crippen molar-refractivity contribution in [2.45, 2.75) is 39.0 Å². The number of rotatable bonds is 6. The van der Waals surface area contributed by atoms with Gasteiger partial charge in [-0.25, -0.2) is 0 Å². The Kier molecular flexibility index (Phi) is 7.96. The third-order valence-corrected chi connectivity index (χ3v) is 2.34. The maximum Gasteiger partial charge on any atom is 0.119 e. The van der Waals surface area contributed by atoms with Crippen LogP contribution in [0.25, 0.3) is 0 Å². The highest BCUT2D eigenvalue weighted by Gasteiger charge is 2.15. The number of aliphatic hydroxyl groups excluding tert-OH is 1. The summed E-state index contributed by atoms with van der Waals surface area (Å²) in [4.78, 5) is 0. The second-order valence-corrected chi connectivity index (χ2v) is 4.30. The summed E-state index contributed by atoms with van der Waals surface area (Å²) in [5, 5.41) is 13.1. The van der Waals surface area contributed by atoms with Crippen LogP contribution in [0.1, 0.15) is 20.8 Å². The molecule has 0 aliphatic carbocycles. The van der Waals surface area contributed by atoms with E-state index in [1.807, 2.05) is 37.3 Å². The van der Waals surface area contributed by atoms with Crippen LogP contribution in [-0.2, 0) is 0 Å². The maximum atomic E-state index is 9.84. The van der Waals surface area contributed by atoms with E-state index in [9.17, 15) is 5.11 Å². The van der Waals surface area contributed by atoms with Gasteiger partial charge < -0.3 is 15.2 Å². The molecule has 1 aromatic rings. The summed E-state index contributed by atoms with van der Waals surface area (Å²) in [7, 11) is 0. The number of halogens is 1. The number of aliphatic hydroxyl groups is 1. The third kappa shape index (κ3) is 6.51. The van der Waals surface area contributed by atoms with E-state index in [0.29, 0.717) is 12.6 Å². The third-order valence-electron chi connectivity index (χ3n) is 2.34. The van der Waals surface area contributed by atoms with Gasteiger partial charge in [0.25, 0.3) is 0 Å². The fourth-order valence-electron chi connectivity index (χ4n) is 1.48. The molecule has 0 saturated carbocycles. The molecule has 1 aromatic carbocycles. The number of hydrogen-bond donors (Lipinski definition) is 2. The minimum atomic E-state index is -0.498. The minimum Gasteiger partial charge on any atom is -0.491 e. The SMILES string of the molecule is CC(C)N[C@H](C)[C@@H](O)COc1ccccc1.Cl. The largest absolute Gasteiger partial charge is 0.491 e. The Morgan fingerprint density at radius 3 is 2.29 bits per heavy atom. The lowest BCUT2D eigenvalue weighted by molar-refractivity contribution is 0.0759. The Hall–Kier alpha value is -0.770. The van der Waals surface area contributed by atoms with E-state index in [1.54, 1.807) is 0 Å². The fourth-order valence-corrected chi connectivity index (χ4v) is 1.48. The van der Waals surface area contributed by atoms with Gasteiger partial charge in [-0.05, 0) is 19.1 Å². The van der Waals surface area contributed by atoms with Crippen molar-refractivity contribution in [2.24, 2.45) is 0 Å². The first-order valence-electron chi connectivity index (χ1n) is 5.71. The predicted octanol–water partition coefficient (Wildman–Crippen LogP) is 2.23. The molecule has 3 nitrogen and oxygen atoms in total. The average molecular weight is 260 g/mol. The summed E-state index contributed by atoms with van der Waals surface area (Å²) in [6.45, 7) is 6.38. The Balaban J connectivity index is 0.00000256. The summed E-state index contributed by atoms with van der Waals surface area (Å²) in [6.07, 6.45) is -0.498. The molecule has 17 heavy (non-hydrogen) atoms. The Bertz CT molecular complexity index is 293. The highest BCUT2D eigenvalue weighted by atomic mass is 35.5. The molecule has 0 aromatic heterocycles.